The topological polar surface area (TPSA) is 89.6 Å². The molecule has 0 saturated heterocycles. The number of nitrogens with zero attached hydrogens (tertiary/aromatic N) is 4. The van der Waals surface area contributed by atoms with E-state index < -0.39 is 0 Å². The Hall–Kier alpha value is -3.24. The highest BCUT2D eigenvalue weighted by Gasteiger charge is 2.19. The third kappa shape index (κ3) is 3.55. The zero-order valence-corrected chi connectivity index (χ0v) is 17.0. The van der Waals surface area contributed by atoms with Gasteiger partial charge >= 0.3 is 0 Å². The van der Waals surface area contributed by atoms with Crippen LogP contribution in [0.25, 0.3) is 21.6 Å². The Morgan fingerprint density at radius 1 is 1.17 bits per heavy atom. The minimum Gasteiger partial charge on any atom is -0.467 e. The van der Waals surface area contributed by atoms with Crippen LogP contribution in [-0.4, -0.2) is 24.7 Å². The van der Waals surface area contributed by atoms with Gasteiger partial charge in [-0.1, -0.05) is 23.9 Å². The largest absolute Gasteiger partial charge is 0.467 e. The first-order chi connectivity index (χ1) is 14.7. The van der Waals surface area contributed by atoms with Crippen molar-refractivity contribution in [1.29, 1.82) is 0 Å². The molecule has 0 radical (unpaired) electrons. The van der Waals surface area contributed by atoms with E-state index in [1.54, 1.807) is 35.1 Å². The molecule has 0 spiro atoms. The maximum Gasteiger partial charge on any atom is 0.268 e. The highest BCUT2D eigenvalue weighted by Crippen LogP contribution is 2.28. The lowest BCUT2D eigenvalue weighted by Crippen LogP contribution is -2.10. The molecule has 1 N–H and O–H groups in total. The maximum atomic E-state index is 14.4. The first-order valence-corrected chi connectivity index (χ1v) is 10.9. The Labute approximate surface area is 177 Å². The molecular formula is C20H14FN5O2S2. The van der Waals surface area contributed by atoms with Gasteiger partial charge in [0.2, 0.25) is 0 Å². The number of nitrogens with one attached hydrogen (secondary N) is 1. The fraction of sp³-hybridized carbons (Fsp3) is 0.100. The molecule has 30 heavy (non-hydrogen) atoms. The molecule has 7 nitrogen and oxygen atoms in total. The van der Waals surface area contributed by atoms with Crippen LogP contribution in [0.2, 0.25) is 0 Å². The number of hydrogen-bond acceptors (Lipinski definition) is 7. The van der Waals surface area contributed by atoms with E-state index in [0.29, 0.717) is 50.6 Å². The minimum atomic E-state index is -0.379. The van der Waals surface area contributed by atoms with Crippen molar-refractivity contribution in [3.05, 3.63) is 81.9 Å². The van der Waals surface area contributed by atoms with E-state index in [9.17, 15) is 9.18 Å². The monoisotopic (exact) mass is 439 g/mol. The minimum absolute atomic E-state index is 0.158. The van der Waals surface area contributed by atoms with Gasteiger partial charge in [-0.2, -0.15) is 0 Å². The lowest BCUT2D eigenvalue weighted by molar-refractivity contribution is 0.485. The summed E-state index contributed by atoms with van der Waals surface area (Å²) in [6.07, 6.45) is 1.58. The van der Waals surface area contributed by atoms with Crippen LogP contribution in [0.15, 0.2) is 68.5 Å². The molecule has 0 aliphatic rings. The second-order valence-corrected chi connectivity index (χ2v) is 8.25. The van der Waals surface area contributed by atoms with Crippen LogP contribution in [0, 0.1) is 5.82 Å². The summed E-state index contributed by atoms with van der Waals surface area (Å²) < 4.78 is 22.3. The molecule has 150 valence electrons. The zero-order valence-electron chi connectivity index (χ0n) is 15.4. The average Bonchev–Trinajstić information content (AvgIpc) is 3.49. The molecule has 0 bridgehead atoms. The fourth-order valence-corrected chi connectivity index (χ4v) is 4.59. The number of fused-ring (bicyclic) bond motifs is 1. The molecule has 0 amide bonds. The number of aromatic nitrogens is 5. The molecule has 0 aliphatic heterocycles. The molecule has 0 aliphatic carbocycles. The third-order valence-electron chi connectivity index (χ3n) is 4.43. The summed E-state index contributed by atoms with van der Waals surface area (Å²) in [6.45, 7) is 0.347. The van der Waals surface area contributed by atoms with Crippen LogP contribution in [0.4, 0.5) is 4.39 Å². The molecule has 0 unspecified atom stereocenters. The second kappa shape index (κ2) is 7.88. The Bertz CT molecular complexity index is 1370. The van der Waals surface area contributed by atoms with Gasteiger partial charge in [-0.3, -0.25) is 9.36 Å². The van der Waals surface area contributed by atoms with E-state index in [4.69, 9.17) is 4.42 Å². The quantitative estimate of drug-likeness (QED) is 0.397. The van der Waals surface area contributed by atoms with E-state index in [-0.39, 0.29) is 11.4 Å². The molecule has 0 fully saturated rings. The first kappa shape index (κ1) is 18.8. The van der Waals surface area contributed by atoms with E-state index in [2.05, 4.69) is 20.2 Å². The number of benzene rings is 1. The van der Waals surface area contributed by atoms with Gasteiger partial charge in [0.15, 0.2) is 11.0 Å². The SMILES string of the molecule is O=c1[nH]c(CSc2nnc(-c3ccccc3F)n2Cc2ccco2)nc2ccsc12. The van der Waals surface area contributed by atoms with E-state index in [0.717, 1.165) is 0 Å². The van der Waals surface area contributed by atoms with E-state index in [1.807, 2.05) is 17.5 Å². The predicted octanol–water partition coefficient (Wildman–Crippen LogP) is 4.32. The number of thiophene rings is 1. The Balaban J connectivity index is 1.49. The smallest absolute Gasteiger partial charge is 0.268 e. The van der Waals surface area contributed by atoms with Crippen LogP contribution in [0.5, 0.6) is 0 Å². The summed E-state index contributed by atoms with van der Waals surface area (Å²) in [7, 11) is 0. The molecular weight excluding hydrogens is 425 g/mol. The summed E-state index contributed by atoms with van der Waals surface area (Å²) in [5, 5.41) is 10.9. The molecule has 4 aromatic heterocycles. The van der Waals surface area contributed by atoms with Crippen molar-refractivity contribution in [3.8, 4) is 11.4 Å². The van der Waals surface area contributed by atoms with Gasteiger partial charge < -0.3 is 9.40 Å². The summed E-state index contributed by atoms with van der Waals surface area (Å²) in [6, 6.07) is 11.9. The molecule has 0 atom stereocenters. The van der Waals surface area contributed by atoms with Crippen molar-refractivity contribution in [2.75, 3.05) is 0 Å². The van der Waals surface area contributed by atoms with Gasteiger partial charge in [0.25, 0.3) is 5.56 Å². The summed E-state index contributed by atoms with van der Waals surface area (Å²) in [4.78, 5) is 19.5. The standard InChI is InChI=1S/C20H14FN5O2S2/c21-14-6-2-1-5-13(14)18-24-25-20(26(18)10-12-4-3-8-28-12)30-11-16-22-15-7-9-29-17(15)19(27)23-16/h1-9H,10-11H2,(H,22,23,27). The number of aromatic amines is 1. The summed E-state index contributed by atoms with van der Waals surface area (Å²) >= 11 is 2.72. The number of H-pyrrole nitrogens is 1. The number of hydrogen-bond donors (Lipinski definition) is 1. The van der Waals surface area contributed by atoms with Crippen LogP contribution in [0.3, 0.4) is 0 Å². The highest BCUT2D eigenvalue weighted by atomic mass is 32.2. The van der Waals surface area contributed by atoms with Gasteiger partial charge in [0.1, 0.15) is 22.1 Å². The van der Waals surface area contributed by atoms with Crippen LogP contribution in [0.1, 0.15) is 11.6 Å². The first-order valence-electron chi connectivity index (χ1n) is 8.99. The van der Waals surface area contributed by atoms with Crippen molar-refractivity contribution in [3.63, 3.8) is 0 Å². The van der Waals surface area contributed by atoms with Gasteiger partial charge in [-0.25, -0.2) is 9.37 Å². The Morgan fingerprint density at radius 3 is 2.90 bits per heavy atom. The predicted molar refractivity (Wildman–Crippen MR) is 113 cm³/mol. The van der Waals surface area contributed by atoms with Crippen LogP contribution < -0.4 is 5.56 Å². The van der Waals surface area contributed by atoms with Gasteiger partial charge in [0, 0.05) is 0 Å². The number of furan rings is 1. The van der Waals surface area contributed by atoms with Crippen molar-refractivity contribution in [2.24, 2.45) is 0 Å². The highest BCUT2D eigenvalue weighted by molar-refractivity contribution is 7.98. The molecule has 0 saturated carbocycles. The second-order valence-electron chi connectivity index (χ2n) is 6.39. The normalized spacial score (nSPS) is 11.4. The van der Waals surface area contributed by atoms with Gasteiger partial charge in [0.05, 0.1) is 29.6 Å². The van der Waals surface area contributed by atoms with Gasteiger partial charge in [-0.15, -0.1) is 21.5 Å². The third-order valence-corrected chi connectivity index (χ3v) is 6.31. The van der Waals surface area contributed by atoms with Crippen molar-refractivity contribution >= 4 is 33.3 Å². The van der Waals surface area contributed by atoms with E-state index in [1.165, 1.54) is 29.2 Å². The van der Waals surface area contributed by atoms with Crippen LogP contribution in [-0.2, 0) is 12.3 Å². The zero-order chi connectivity index (χ0) is 20.5. The van der Waals surface area contributed by atoms with E-state index >= 15 is 0 Å². The molecule has 4 heterocycles. The summed E-state index contributed by atoms with van der Waals surface area (Å²) in [5.74, 6) is 1.64. The van der Waals surface area contributed by atoms with Crippen LogP contribution >= 0.6 is 23.1 Å². The lowest BCUT2D eigenvalue weighted by atomic mass is 10.2. The molecule has 1 aromatic carbocycles. The molecule has 5 rings (SSSR count). The fourth-order valence-electron chi connectivity index (χ4n) is 3.06. The molecule has 5 aromatic rings. The molecule has 10 heteroatoms. The number of rotatable bonds is 6. The lowest BCUT2D eigenvalue weighted by Gasteiger charge is -2.09. The summed E-state index contributed by atoms with van der Waals surface area (Å²) in [5.41, 5.74) is 0.868. The Morgan fingerprint density at radius 2 is 2.07 bits per heavy atom. The Kier molecular flexibility index (Phi) is 4.93. The number of thioether (sulfide) groups is 1. The van der Waals surface area contributed by atoms with Gasteiger partial charge in [-0.05, 0) is 35.7 Å². The maximum absolute atomic E-state index is 14.4. The van der Waals surface area contributed by atoms with Crippen molar-refractivity contribution in [2.45, 2.75) is 17.5 Å². The number of halogens is 1. The van der Waals surface area contributed by atoms with Crippen molar-refractivity contribution in [1.82, 2.24) is 24.7 Å². The van der Waals surface area contributed by atoms with Crippen molar-refractivity contribution < 1.29 is 8.81 Å². The average molecular weight is 439 g/mol.